The maximum Gasteiger partial charge on any atom is 0.257 e. The summed E-state index contributed by atoms with van der Waals surface area (Å²) in [5.41, 5.74) is 4.87. The van der Waals surface area contributed by atoms with Gasteiger partial charge in [0.25, 0.3) is 5.91 Å². The maximum atomic E-state index is 12.6. The third kappa shape index (κ3) is 5.76. The second-order valence-electron chi connectivity index (χ2n) is 8.43. The first-order valence-electron chi connectivity index (χ1n) is 11.5. The number of carbonyl (C=O) groups is 1. The fourth-order valence-corrected chi connectivity index (χ4v) is 3.93. The monoisotopic (exact) mass is 509 g/mol. The van der Waals surface area contributed by atoms with Crippen molar-refractivity contribution >= 4 is 40.0 Å². The van der Waals surface area contributed by atoms with Crippen LogP contribution in [-0.4, -0.2) is 21.1 Å². The fourth-order valence-electron chi connectivity index (χ4n) is 3.72. The van der Waals surface area contributed by atoms with Crippen molar-refractivity contribution in [3.8, 4) is 23.0 Å². The molecule has 0 bridgehead atoms. The number of anilines is 1. The standard InChI is InChI=1S/C29H23N3O4S/c1-18-7-14-26-24(15-18)31-28(36-26)23-13-10-21(16-25(23)33)30-29(37)32-27(34)20-8-11-22(12-9-20)35-17-19-5-3-2-4-6-19/h2-16,33H,17H2,1H3,(H2,30,32,34,37). The number of nitrogens with zero attached hydrogens (tertiary/aromatic N) is 1. The van der Waals surface area contributed by atoms with Gasteiger partial charge in [0.05, 0.1) is 5.56 Å². The van der Waals surface area contributed by atoms with E-state index in [-0.39, 0.29) is 16.8 Å². The molecule has 0 fully saturated rings. The van der Waals surface area contributed by atoms with Gasteiger partial charge in [-0.15, -0.1) is 0 Å². The second kappa shape index (κ2) is 10.5. The van der Waals surface area contributed by atoms with Crippen molar-refractivity contribution in [2.45, 2.75) is 13.5 Å². The number of aromatic hydroxyl groups is 1. The van der Waals surface area contributed by atoms with Gasteiger partial charge in [-0.25, -0.2) is 4.98 Å². The fraction of sp³-hybridized carbons (Fsp3) is 0.0690. The van der Waals surface area contributed by atoms with E-state index in [4.69, 9.17) is 21.4 Å². The van der Waals surface area contributed by atoms with E-state index >= 15 is 0 Å². The molecule has 0 aliphatic heterocycles. The van der Waals surface area contributed by atoms with Gasteiger partial charge in [-0.1, -0.05) is 36.4 Å². The average molecular weight is 510 g/mol. The topological polar surface area (TPSA) is 96.6 Å². The largest absolute Gasteiger partial charge is 0.507 e. The number of thiocarbonyl (C=S) groups is 1. The lowest BCUT2D eigenvalue weighted by Gasteiger charge is -2.11. The Kier molecular flexibility index (Phi) is 6.83. The highest BCUT2D eigenvalue weighted by atomic mass is 32.1. The third-order valence-electron chi connectivity index (χ3n) is 5.62. The molecule has 3 N–H and O–H groups in total. The molecule has 4 aromatic carbocycles. The van der Waals surface area contributed by atoms with Gasteiger partial charge in [0.1, 0.15) is 23.6 Å². The molecule has 0 atom stereocenters. The van der Waals surface area contributed by atoms with E-state index in [1.807, 2.05) is 55.5 Å². The van der Waals surface area contributed by atoms with Crippen molar-refractivity contribution < 1.29 is 19.1 Å². The van der Waals surface area contributed by atoms with Crippen LogP contribution in [0, 0.1) is 6.92 Å². The Labute approximate surface area is 218 Å². The summed E-state index contributed by atoms with van der Waals surface area (Å²) in [6.45, 7) is 2.42. The van der Waals surface area contributed by atoms with Crippen molar-refractivity contribution in [3.63, 3.8) is 0 Å². The number of amides is 1. The van der Waals surface area contributed by atoms with E-state index in [2.05, 4.69) is 15.6 Å². The molecule has 1 aromatic heterocycles. The molecule has 1 amide bonds. The lowest BCUT2D eigenvalue weighted by atomic mass is 10.2. The van der Waals surface area contributed by atoms with Gasteiger partial charge < -0.3 is 19.6 Å². The van der Waals surface area contributed by atoms with Crippen LogP contribution in [0.2, 0.25) is 0 Å². The van der Waals surface area contributed by atoms with E-state index in [9.17, 15) is 9.90 Å². The summed E-state index contributed by atoms with van der Waals surface area (Å²) < 4.78 is 11.5. The number of hydrogen-bond acceptors (Lipinski definition) is 6. The maximum absolute atomic E-state index is 12.6. The summed E-state index contributed by atoms with van der Waals surface area (Å²) in [4.78, 5) is 17.1. The molecule has 0 aliphatic rings. The summed E-state index contributed by atoms with van der Waals surface area (Å²) in [5.74, 6) is 0.575. The third-order valence-corrected chi connectivity index (χ3v) is 5.83. The SMILES string of the molecule is Cc1ccc2oc(-c3ccc(NC(=S)NC(=O)c4ccc(OCc5ccccc5)cc4)cc3O)nc2c1. The van der Waals surface area contributed by atoms with E-state index in [0.717, 1.165) is 16.6 Å². The van der Waals surface area contributed by atoms with Crippen LogP contribution >= 0.6 is 12.2 Å². The molecule has 0 saturated carbocycles. The van der Waals surface area contributed by atoms with Crippen LogP contribution in [0.3, 0.4) is 0 Å². The van der Waals surface area contributed by atoms with Gasteiger partial charge in [0.2, 0.25) is 5.89 Å². The highest BCUT2D eigenvalue weighted by Gasteiger charge is 2.14. The number of nitrogens with one attached hydrogen (secondary N) is 2. The Morgan fingerprint density at radius 3 is 2.54 bits per heavy atom. The number of ether oxygens (including phenoxy) is 1. The lowest BCUT2D eigenvalue weighted by Crippen LogP contribution is -2.34. The highest BCUT2D eigenvalue weighted by Crippen LogP contribution is 2.33. The molecular formula is C29H23N3O4S. The van der Waals surface area contributed by atoms with Crippen molar-refractivity contribution in [1.82, 2.24) is 10.3 Å². The number of oxazole rings is 1. The van der Waals surface area contributed by atoms with Gasteiger partial charge >= 0.3 is 0 Å². The number of benzene rings is 4. The number of rotatable bonds is 6. The summed E-state index contributed by atoms with van der Waals surface area (Å²) in [6, 6.07) is 27.2. The molecule has 7 nitrogen and oxygen atoms in total. The number of phenolic OH excluding ortho intramolecular Hbond substituents is 1. The summed E-state index contributed by atoms with van der Waals surface area (Å²) in [5, 5.41) is 16.2. The molecule has 5 rings (SSSR count). The van der Waals surface area contributed by atoms with Crippen LogP contribution in [0.4, 0.5) is 5.69 Å². The van der Waals surface area contributed by atoms with Crippen molar-refractivity contribution in [2.75, 3.05) is 5.32 Å². The molecular weight excluding hydrogens is 486 g/mol. The van der Waals surface area contributed by atoms with E-state index in [1.165, 1.54) is 6.07 Å². The zero-order chi connectivity index (χ0) is 25.8. The van der Waals surface area contributed by atoms with Crippen LogP contribution in [0.5, 0.6) is 11.5 Å². The van der Waals surface area contributed by atoms with E-state index in [0.29, 0.717) is 40.6 Å². The Hall–Kier alpha value is -4.69. The van der Waals surface area contributed by atoms with Crippen molar-refractivity contribution in [3.05, 3.63) is 108 Å². The number of aryl methyl sites for hydroxylation is 1. The van der Waals surface area contributed by atoms with E-state index < -0.39 is 0 Å². The predicted octanol–water partition coefficient (Wildman–Crippen LogP) is 6.21. The molecule has 184 valence electrons. The zero-order valence-corrected chi connectivity index (χ0v) is 20.7. The molecule has 0 radical (unpaired) electrons. The first-order chi connectivity index (χ1) is 17.9. The zero-order valence-electron chi connectivity index (χ0n) is 19.9. The van der Waals surface area contributed by atoms with Crippen LogP contribution in [-0.2, 0) is 6.61 Å². The van der Waals surface area contributed by atoms with Gasteiger partial charge in [0, 0.05) is 17.3 Å². The van der Waals surface area contributed by atoms with Gasteiger partial charge in [0.15, 0.2) is 10.7 Å². The average Bonchev–Trinajstić information content (AvgIpc) is 3.31. The Balaban J connectivity index is 1.18. The minimum absolute atomic E-state index is 0.0338. The van der Waals surface area contributed by atoms with Crippen LogP contribution < -0.4 is 15.4 Å². The molecule has 0 aliphatic carbocycles. The number of aromatic nitrogens is 1. The summed E-state index contributed by atoms with van der Waals surface area (Å²) >= 11 is 5.28. The smallest absolute Gasteiger partial charge is 0.257 e. The van der Waals surface area contributed by atoms with Crippen LogP contribution in [0.25, 0.3) is 22.6 Å². The number of carbonyl (C=O) groups excluding carboxylic acids is 1. The molecule has 0 unspecified atom stereocenters. The minimum atomic E-state index is -0.366. The lowest BCUT2D eigenvalue weighted by molar-refractivity contribution is 0.0977. The highest BCUT2D eigenvalue weighted by molar-refractivity contribution is 7.80. The quantitative estimate of drug-likeness (QED) is 0.234. The second-order valence-corrected chi connectivity index (χ2v) is 8.84. The summed E-state index contributed by atoms with van der Waals surface area (Å²) in [7, 11) is 0. The van der Waals surface area contributed by atoms with Crippen molar-refractivity contribution in [2.24, 2.45) is 0 Å². The number of hydrogen-bond donors (Lipinski definition) is 3. The Bertz CT molecular complexity index is 1580. The van der Waals surface area contributed by atoms with Crippen LogP contribution in [0.15, 0.2) is 95.4 Å². The first-order valence-corrected chi connectivity index (χ1v) is 12.0. The Morgan fingerprint density at radius 1 is 1.00 bits per heavy atom. The first kappa shape index (κ1) is 24.0. The number of phenols is 1. The van der Waals surface area contributed by atoms with Gasteiger partial charge in [-0.3, -0.25) is 10.1 Å². The minimum Gasteiger partial charge on any atom is -0.507 e. The molecule has 1 heterocycles. The Morgan fingerprint density at radius 2 is 1.78 bits per heavy atom. The van der Waals surface area contributed by atoms with Gasteiger partial charge in [-0.2, -0.15) is 0 Å². The normalized spacial score (nSPS) is 10.7. The molecule has 8 heteroatoms. The molecule has 0 spiro atoms. The van der Waals surface area contributed by atoms with Crippen LogP contribution in [0.1, 0.15) is 21.5 Å². The van der Waals surface area contributed by atoms with E-state index in [1.54, 1.807) is 36.4 Å². The summed E-state index contributed by atoms with van der Waals surface area (Å²) in [6.07, 6.45) is 0. The van der Waals surface area contributed by atoms with Crippen molar-refractivity contribution in [1.29, 1.82) is 0 Å². The molecule has 5 aromatic rings. The predicted molar refractivity (Wildman–Crippen MR) is 147 cm³/mol. The molecule has 37 heavy (non-hydrogen) atoms. The van der Waals surface area contributed by atoms with Gasteiger partial charge in [-0.05, 0) is 78.8 Å². The number of fused-ring (bicyclic) bond motifs is 1. The molecule has 0 saturated heterocycles.